The van der Waals surface area contributed by atoms with Gasteiger partial charge in [-0.25, -0.2) is 0 Å². The first-order chi connectivity index (χ1) is 16.2. The molecular weight excluding hydrogens is 434 g/mol. The number of aliphatic hydroxyl groups is 1. The number of hydrogen-bond acceptors (Lipinski definition) is 6. The van der Waals surface area contributed by atoms with Gasteiger partial charge < -0.3 is 14.3 Å². The van der Waals surface area contributed by atoms with Crippen molar-refractivity contribution in [2.24, 2.45) is 0 Å². The number of hydrogen-bond donors (Lipinski definition) is 1. The lowest BCUT2D eigenvalue weighted by Crippen LogP contribution is -2.20. The number of rotatable bonds is 8. The number of fused-ring (bicyclic) bond motifs is 1. The molecule has 6 nitrogen and oxygen atoms in total. The van der Waals surface area contributed by atoms with E-state index < -0.39 is 6.10 Å². The Labute approximate surface area is 195 Å². The van der Waals surface area contributed by atoms with Crippen LogP contribution in [0.4, 0.5) is 0 Å². The first-order valence-corrected chi connectivity index (χ1v) is 11.7. The van der Waals surface area contributed by atoms with Gasteiger partial charge in [0, 0.05) is 11.4 Å². The Hall–Kier alpha value is -3.55. The standard InChI is InChI=1S/C26H23N3O3S/c1-18-24(13-14-31-18)25-27-28-26(29(25)21-9-3-2-4-10-21)33-17-22(30)16-32-23-12-11-19-7-5-6-8-20(19)15-23/h2-15,22,30H,16-17H2,1H3. The van der Waals surface area contributed by atoms with Gasteiger partial charge in [-0.2, -0.15) is 0 Å². The molecule has 0 saturated carbocycles. The van der Waals surface area contributed by atoms with E-state index in [-0.39, 0.29) is 6.61 Å². The van der Waals surface area contributed by atoms with Crippen molar-refractivity contribution in [2.45, 2.75) is 18.2 Å². The molecule has 0 fully saturated rings. The van der Waals surface area contributed by atoms with E-state index >= 15 is 0 Å². The fourth-order valence-electron chi connectivity index (χ4n) is 3.63. The molecule has 7 heteroatoms. The molecule has 1 atom stereocenters. The van der Waals surface area contributed by atoms with Gasteiger partial charge >= 0.3 is 0 Å². The normalized spacial score (nSPS) is 12.2. The molecule has 5 aromatic rings. The second kappa shape index (κ2) is 9.52. The van der Waals surface area contributed by atoms with E-state index in [4.69, 9.17) is 9.15 Å². The lowest BCUT2D eigenvalue weighted by atomic mass is 10.1. The zero-order chi connectivity index (χ0) is 22.6. The number of furan rings is 1. The Morgan fingerprint density at radius 1 is 0.970 bits per heavy atom. The van der Waals surface area contributed by atoms with Gasteiger partial charge in [0.15, 0.2) is 11.0 Å². The third-order valence-corrected chi connectivity index (χ3v) is 6.39. The van der Waals surface area contributed by atoms with Crippen LogP contribution < -0.4 is 4.74 Å². The Balaban J connectivity index is 1.30. The topological polar surface area (TPSA) is 73.3 Å². The SMILES string of the molecule is Cc1occc1-c1nnc(SCC(O)COc2ccc3ccccc3c2)n1-c1ccccc1. The van der Waals surface area contributed by atoms with Crippen LogP contribution in [0.15, 0.2) is 94.7 Å². The molecule has 2 heterocycles. The Kier molecular flexibility index (Phi) is 6.15. The van der Waals surface area contributed by atoms with E-state index in [2.05, 4.69) is 16.3 Å². The molecule has 0 aliphatic carbocycles. The minimum absolute atomic E-state index is 0.193. The zero-order valence-electron chi connectivity index (χ0n) is 18.1. The van der Waals surface area contributed by atoms with Gasteiger partial charge in [-0.05, 0) is 48.0 Å². The molecule has 0 saturated heterocycles. The van der Waals surface area contributed by atoms with E-state index in [1.165, 1.54) is 11.8 Å². The summed E-state index contributed by atoms with van der Waals surface area (Å²) in [5, 5.41) is 22.3. The molecule has 3 aromatic carbocycles. The van der Waals surface area contributed by atoms with Crippen molar-refractivity contribution < 1.29 is 14.3 Å². The maximum Gasteiger partial charge on any atom is 0.196 e. The van der Waals surface area contributed by atoms with Crippen LogP contribution in [0.1, 0.15) is 5.76 Å². The highest BCUT2D eigenvalue weighted by Crippen LogP contribution is 2.30. The summed E-state index contributed by atoms with van der Waals surface area (Å²) in [4.78, 5) is 0. The van der Waals surface area contributed by atoms with Crippen LogP contribution in [0, 0.1) is 6.92 Å². The van der Waals surface area contributed by atoms with Crippen molar-refractivity contribution >= 4 is 22.5 Å². The zero-order valence-corrected chi connectivity index (χ0v) is 18.9. The third-order valence-electron chi connectivity index (χ3n) is 5.32. The van der Waals surface area contributed by atoms with Crippen LogP contribution in [0.5, 0.6) is 5.75 Å². The van der Waals surface area contributed by atoms with Crippen molar-refractivity contribution in [3.8, 4) is 22.8 Å². The van der Waals surface area contributed by atoms with E-state index in [1.54, 1.807) is 6.26 Å². The number of thioether (sulfide) groups is 1. The van der Waals surface area contributed by atoms with Crippen LogP contribution in [-0.4, -0.2) is 38.3 Å². The number of aliphatic hydroxyl groups excluding tert-OH is 1. The van der Waals surface area contributed by atoms with Gasteiger partial charge in [0.1, 0.15) is 18.1 Å². The molecule has 0 radical (unpaired) electrons. The highest BCUT2D eigenvalue weighted by molar-refractivity contribution is 7.99. The van der Waals surface area contributed by atoms with Gasteiger partial charge in [0.2, 0.25) is 0 Å². The first-order valence-electron chi connectivity index (χ1n) is 10.7. The predicted molar refractivity (Wildman–Crippen MR) is 130 cm³/mol. The largest absolute Gasteiger partial charge is 0.491 e. The fraction of sp³-hybridized carbons (Fsp3) is 0.154. The molecule has 1 N–H and O–H groups in total. The number of benzene rings is 3. The monoisotopic (exact) mass is 457 g/mol. The molecule has 0 aliphatic heterocycles. The molecule has 0 aliphatic rings. The van der Waals surface area contributed by atoms with Gasteiger partial charge in [-0.15, -0.1) is 10.2 Å². The summed E-state index contributed by atoms with van der Waals surface area (Å²) in [5.41, 5.74) is 1.83. The van der Waals surface area contributed by atoms with Gasteiger partial charge in [0.25, 0.3) is 0 Å². The summed E-state index contributed by atoms with van der Waals surface area (Å²) in [6.07, 6.45) is 0.983. The van der Waals surface area contributed by atoms with Crippen LogP contribution in [0.2, 0.25) is 0 Å². The second-order valence-corrected chi connectivity index (χ2v) is 8.64. The predicted octanol–water partition coefficient (Wildman–Crippen LogP) is 5.52. The van der Waals surface area contributed by atoms with E-state index in [1.807, 2.05) is 84.3 Å². The van der Waals surface area contributed by atoms with Crippen molar-refractivity contribution in [3.63, 3.8) is 0 Å². The van der Waals surface area contributed by atoms with E-state index in [0.29, 0.717) is 16.7 Å². The Morgan fingerprint density at radius 2 is 1.76 bits per heavy atom. The van der Waals surface area contributed by atoms with E-state index in [9.17, 15) is 5.11 Å². The van der Waals surface area contributed by atoms with Gasteiger partial charge in [-0.1, -0.05) is 60.3 Å². The molecule has 1 unspecified atom stereocenters. The molecule has 2 aromatic heterocycles. The van der Waals surface area contributed by atoms with Crippen molar-refractivity contribution in [2.75, 3.05) is 12.4 Å². The number of nitrogens with zero attached hydrogens (tertiary/aromatic N) is 3. The number of para-hydroxylation sites is 1. The van der Waals surface area contributed by atoms with Crippen molar-refractivity contribution in [1.29, 1.82) is 0 Å². The summed E-state index contributed by atoms with van der Waals surface area (Å²) in [5.74, 6) is 2.64. The summed E-state index contributed by atoms with van der Waals surface area (Å²) < 4.78 is 13.3. The average molecular weight is 458 g/mol. The lowest BCUT2D eigenvalue weighted by molar-refractivity contribution is 0.126. The lowest BCUT2D eigenvalue weighted by Gasteiger charge is -2.13. The minimum Gasteiger partial charge on any atom is -0.491 e. The molecule has 0 bridgehead atoms. The molecule has 33 heavy (non-hydrogen) atoms. The first kappa shape index (κ1) is 21.3. The molecule has 5 rings (SSSR count). The third kappa shape index (κ3) is 4.65. The van der Waals surface area contributed by atoms with Crippen LogP contribution in [0.25, 0.3) is 27.8 Å². The van der Waals surface area contributed by atoms with E-state index in [0.717, 1.165) is 33.5 Å². The number of aromatic nitrogens is 3. The molecule has 0 spiro atoms. The summed E-state index contributed by atoms with van der Waals surface area (Å²) in [6, 6.07) is 25.9. The highest BCUT2D eigenvalue weighted by Gasteiger charge is 2.20. The van der Waals surface area contributed by atoms with Crippen molar-refractivity contribution in [1.82, 2.24) is 14.8 Å². The summed E-state index contributed by atoms with van der Waals surface area (Å²) >= 11 is 1.44. The Bertz CT molecular complexity index is 1360. The summed E-state index contributed by atoms with van der Waals surface area (Å²) in [7, 11) is 0. The average Bonchev–Trinajstić information content (AvgIpc) is 3.47. The van der Waals surface area contributed by atoms with Gasteiger partial charge in [0.05, 0.1) is 17.9 Å². The molecular formula is C26H23N3O3S. The Morgan fingerprint density at radius 3 is 2.55 bits per heavy atom. The molecule has 166 valence electrons. The molecule has 0 amide bonds. The fourth-order valence-corrected chi connectivity index (χ4v) is 4.49. The maximum absolute atomic E-state index is 10.6. The van der Waals surface area contributed by atoms with Crippen LogP contribution in [0.3, 0.4) is 0 Å². The van der Waals surface area contributed by atoms with Crippen molar-refractivity contribution in [3.05, 3.63) is 90.9 Å². The minimum atomic E-state index is -0.665. The number of ether oxygens (including phenoxy) is 1. The summed E-state index contributed by atoms with van der Waals surface area (Å²) in [6.45, 7) is 2.10. The smallest absolute Gasteiger partial charge is 0.196 e. The number of aryl methyl sites for hydroxylation is 1. The van der Waals surface area contributed by atoms with Crippen LogP contribution >= 0.6 is 11.8 Å². The maximum atomic E-state index is 10.6. The second-order valence-electron chi connectivity index (χ2n) is 7.65. The van der Waals surface area contributed by atoms with Gasteiger partial charge in [-0.3, -0.25) is 4.57 Å². The van der Waals surface area contributed by atoms with Crippen LogP contribution in [-0.2, 0) is 0 Å². The quantitative estimate of drug-likeness (QED) is 0.309. The highest BCUT2D eigenvalue weighted by atomic mass is 32.2.